The first-order chi connectivity index (χ1) is 6.59. The summed E-state index contributed by atoms with van der Waals surface area (Å²) >= 11 is 5.54. The summed E-state index contributed by atoms with van der Waals surface area (Å²) in [6, 6.07) is 2.79. The number of carbonyl (C=O) groups excluding carboxylic acids is 1. The molecule has 1 amide bonds. The average Bonchev–Trinajstić information content (AvgIpc) is 2.16. The van der Waals surface area contributed by atoms with E-state index in [2.05, 4.69) is 15.5 Å². The second-order valence-electron chi connectivity index (χ2n) is 2.85. The lowest BCUT2D eigenvalue weighted by atomic mass is 10.3. The number of hydrogen-bond acceptors (Lipinski definition) is 4. The largest absolute Gasteiger partial charge is 0.349 e. The molecule has 0 saturated carbocycles. The van der Waals surface area contributed by atoms with Gasteiger partial charge in [-0.15, -0.1) is 5.10 Å². The van der Waals surface area contributed by atoms with Gasteiger partial charge in [0.2, 0.25) is 5.91 Å². The van der Waals surface area contributed by atoms with Crippen molar-refractivity contribution in [2.75, 3.05) is 0 Å². The number of hydrogen-bond donors (Lipinski definition) is 2. The van der Waals surface area contributed by atoms with Gasteiger partial charge in [0, 0.05) is 0 Å². The first-order valence-electron chi connectivity index (χ1n) is 4.11. The highest BCUT2D eigenvalue weighted by Gasteiger charge is 2.06. The molecule has 0 aliphatic rings. The van der Waals surface area contributed by atoms with Crippen LogP contribution >= 0.6 is 11.6 Å². The van der Waals surface area contributed by atoms with Crippen molar-refractivity contribution in [3.8, 4) is 0 Å². The molecule has 76 valence electrons. The molecule has 0 spiro atoms. The van der Waals surface area contributed by atoms with Crippen molar-refractivity contribution in [3.05, 3.63) is 23.0 Å². The van der Waals surface area contributed by atoms with Crippen molar-refractivity contribution in [2.24, 2.45) is 5.73 Å². The second-order valence-corrected chi connectivity index (χ2v) is 3.24. The molecular weight excluding hydrogens is 204 g/mol. The lowest BCUT2D eigenvalue weighted by molar-refractivity contribution is -0.122. The molecule has 0 saturated heterocycles. The highest BCUT2D eigenvalue weighted by atomic mass is 35.5. The summed E-state index contributed by atoms with van der Waals surface area (Å²) in [5, 5.41) is 10.3. The average molecular weight is 215 g/mol. The Morgan fingerprint density at radius 3 is 2.86 bits per heavy atom. The lowest BCUT2D eigenvalue weighted by Gasteiger charge is -2.06. The van der Waals surface area contributed by atoms with Gasteiger partial charge in [-0.25, -0.2) is 0 Å². The van der Waals surface area contributed by atoms with E-state index in [0.29, 0.717) is 17.4 Å². The van der Waals surface area contributed by atoms with Gasteiger partial charge in [-0.2, -0.15) is 5.10 Å². The van der Waals surface area contributed by atoms with E-state index in [0.717, 1.165) is 0 Å². The van der Waals surface area contributed by atoms with Crippen LogP contribution in [0.25, 0.3) is 0 Å². The molecule has 3 N–H and O–H groups in total. The zero-order valence-corrected chi connectivity index (χ0v) is 8.45. The van der Waals surface area contributed by atoms with Gasteiger partial charge >= 0.3 is 0 Å². The standard InChI is InChI=1S/C8H11ClN4O/c1-5(10)8(14)11-4-6-2-3-7(9)13-12-6/h2-3,5H,4,10H2,1H3,(H,11,14)/t5-/m0/s1. The maximum Gasteiger partial charge on any atom is 0.236 e. The van der Waals surface area contributed by atoms with Crippen molar-refractivity contribution in [1.82, 2.24) is 15.5 Å². The van der Waals surface area contributed by atoms with Crippen molar-refractivity contribution < 1.29 is 4.79 Å². The van der Waals surface area contributed by atoms with Crippen LogP contribution in [0.4, 0.5) is 0 Å². The summed E-state index contributed by atoms with van der Waals surface area (Å²) in [6.45, 7) is 1.92. The number of amides is 1. The fourth-order valence-corrected chi connectivity index (χ4v) is 0.877. The van der Waals surface area contributed by atoms with Gasteiger partial charge in [-0.05, 0) is 19.1 Å². The van der Waals surface area contributed by atoms with Crippen LogP contribution in [0.15, 0.2) is 12.1 Å². The summed E-state index contributed by atoms with van der Waals surface area (Å²) in [4.78, 5) is 11.1. The Bertz CT molecular complexity index is 312. The van der Waals surface area contributed by atoms with Crippen molar-refractivity contribution in [2.45, 2.75) is 19.5 Å². The molecule has 0 bridgehead atoms. The number of nitrogens with zero attached hydrogens (tertiary/aromatic N) is 2. The van der Waals surface area contributed by atoms with E-state index in [9.17, 15) is 4.79 Å². The predicted octanol–water partition coefficient (Wildman–Crippen LogP) is 0.0934. The van der Waals surface area contributed by atoms with Crippen LogP contribution < -0.4 is 11.1 Å². The van der Waals surface area contributed by atoms with E-state index in [1.54, 1.807) is 19.1 Å². The third-order valence-corrected chi connectivity index (χ3v) is 1.75. The Morgan fingerprint density at radius 2 is 2.36 bits per heavy atom. The Kier molecular flexibility index (Phi) is 3.79. The molecule has 14 heavy (non-hydrogen) atoms. The van der Waals surface area contributed by atoms with Crippen LogP contribution in [0.5, 0.6) is 0 Å². The van der Waals surface area contributed by atoms with Crippen LogP contribution in [-0.2, 0) is 11.3 Å². The number of aromatic nitrogens is 2. The zero-order valence-electron chi connectivity index (χ0n) is 7.70. The normalized spacial score (nSPS) is 12.2. The lowest BCUT2D eigenvalue weighted by Crippen LogP contribution is -2.37. The van der Waals surface area contributed by atoms with Gasteiger partial charge < -0.3 is 11.1 Å². The third-order valence-electron chi connectivity index (χ3n) is 1.54. The Balaban J connectivity index is 2.46. The zero-order chi connectivity index (χ0) is 10.6. The maximum absolute atomic E-state index is 11.1. The van der Waals surface area contributed by atoms with Gasteiger partial charge in [0.15, 0.2) is 5.15 Å². The molecule has 1 aromatic heterocycles. The van der Waals surface area contributed by atoms with E-state index in [1.807, 2.05) is 0 Å². The summed E-state index contributed by atoms with van der Waals surface area (Å²) in [7, 11) is 0. The molecule has 0 aromatic carbocycles. The number of nitrogens with one attached hydrogen (secondary N) is 1. The quantitative estimate of drug-likeness (QED) is 0.748. The maximum atomic E-state index is 11.1. The predicted molar refractivity (Wildman–Crippen MR) is 52.5 cm³/mol. The molecule has 0 unspecified atom stereocenters. The molecule has 1 heterocycles. The van der Waals surface area contributed by atoms with Crippen molar-refractivity contribution in [1.29, 1.82) is 0 Å². The molecule has 0 radical (unpaired) electrons. The van der Waals surface area contributed by atoms with Crippen LogP contribution in [0, 0.1) is 0 Å². The van der Waals surface area contributed by atoms with Crippen LogP contribution in [0.3, 0.4) is 0 Å². The molecule has 1 aromatic rings. The van der Waals surface area contributed by atoms with Crippen LogP contribution in [0.2, 0.25) is 5.15 Å². The molecule has 1 atom stereocenters. The van der Waals surface area contributed by atoms with E-state index >= 15 is 0 Å². The highest BCUT2D eigenvalue weighted by molar-refractivity contribution is 6.29. The summed E-state index contributed by atoms with van der Waals surface area (Å²) < 4.78 is 0. The summed E-state index contributed by atoms with van der Waals surface area (Å²) in [5.41, 5.74) is 6.00. The van der Waals surface area contributed by atoms with E-state index in [1.165, 1.54) is 0 Å². The molecular formula is C8H11ClN4O. The van der Waals surface area contributed by atoms with Gasteiger partial charge in [0.1, 0.15) is 0 Å². The summed E-state index contributed by atoms with van der Waals surface area (Å²) in [5.74, 6) is -0.221. The van der Waals surface area contributed by atoms with Crippen molar-refractivity contribution in [3.63, 3.8) is 0 Å². The van der Waals surface area contributed by atoms with Gasteiger partial charge in [0.05, 0.1) is 18.3 Å². The van der Waals surface area contributed by atoms with Crippen LogP contribution in [0.1, 0.15) is 12.6 Å². The minimum absolute atomic E-state index is 0.221. The fourth-order valence-electron chi connectivity index (χ4n) is 0.777. The molecule has 0 aliphatic carbocycles. The first-order valence-corrected chi connectivity index (χ1v) is 4.49. The number of rotatable bonds is 3. The minimum Gasteiger partial charge on any atom is -0.349 e. The van der Waals surface area contributed by atoms with E-state index < -0.39 is 6.04 Å². The Morgan fingerprint density at radius 1 is 1.64 bits per heavy atom. The smallest absolute Gasteiger partial charge is 0.236 e. The van der Waals surface area contributed by atoms with E-state index in [4.69, 9.17) is 17.3 Å². The Hall–Kier alpha value is -1.20. The monoisotopic (exact) mass is 214 g/mol. The SMILES string of the molecule is C[C@H](N)C(=O)NCc1ccc(Cl)nn1. The molecule has 6 heteroatoms. The molecule has 0 aliphatic heterocycles. The van der Waals surface area contributed by atoms with Gasteiger partial charge in [0.25, 0.3) is 0 Å². The van der Waals surface area contributed by atoms with E-state index in [-0.39, 0.29) is 5.91 Å². The van der Waals surface area contributed by atoms with Gasteiger partial charge in [-0.1, -0.05) is 11.6 Å². The summed E-state index contributed by atoms with van der Waals surface area (Å²) in [6.07, 6.45) is 0. The Labute approximate surface area is 86.7 Å². The third kappa shape index (κ3) is 3.27. The minimum atomic E-state index is -0.518. The number of nitrogens with two attached hydrogens (primary N) is 1. The second kappa shape index (κ2) is 4.88. The highest BCUT2D eigenvalue weighted by Crippen LogP contribution is 2.01. The van der Waals surface area contributed by atoms with Crippen molar-refractivity contribution >= 4 is 17.5 Å². The molecule has 5 nitrogen and oxygen atoms in total. The first kappa shape index (κ1) is 10.9. The van der Waals surface area contributed by atoms with Gasteiger partial charge in [-0.3, -0.25) is 4.79 Å². The fraction of sp³-hybridized carbons (Fsp3) is 0.375. The number of carbonyl (C=O) groups is 1. The number of halogens is 1. The van der Waals surface area contributed by atoms with Crippen LogP contribution in [-0.4, -0.2) is 22.1 Å². The molecule has 0 fully saturated rings. The topological polar surface area (TPSA) is 80.9 Å². The molecule has 1 rings (SSSR count).